The Morgan fingerprint density at radius 1 is 1.12 bits per heavy atom. The molecule has 0 saturated carbocycles. The topological polar surface area (TPSA) is 152 Å². The van der Waals surface area contributed by atoms with E-state index in [2.05, 4.69) is 47.2 Å². The molecule has 0 bridgehead atoms. The van der Waals surface area contributed by atoms with Crippen molar-refractivity contribution in [2.45, 2.75) is 55.5 Å². The molecule has 3 heterocycles. The third kappa shape index (κ3) is 7.18. The number of hydrogen-bond acceptors (Lipinski definition) is 12. The fraction of sp³-hybridized carbons (Fsp3) is 0.391. The Kier molecular flexibility index (Phi) is 9.81. The molecule has 214 valence electrons. The number of H-pyrrole nitrogens is 1. The van der Waals surface area contributed by atoms with E-state index in [-0.39, 0.29) is 20.4 Å². The van der Waals surface area contributed by atoms with E-state index in [1.807, 2.05) is 0 Å². The number of hydrogen-bond donors (Lipinski definition) is 1. The second kappa shape index (κ2) is 12.9. The molecule has 1 N–H and O–H groups in total. The number of esters is 3. The van der Waals surface area contributed by atoms with Crippen LogP contribution in [0, 0.1) is 5.82 Å². The van der Waals surface area contributed by atoms with Gasteiger partial charge in [-0.25, -0.2) is 9.07 Å². The smallest absolute Gasteiger partial charge is 0.304 e. The number of nitrogens with one attached hydrogen (secondary N) is 1. The minimum absolute atomic E-state index is 0.181. The fourth-order valence-electron chi connectivity index (χ4n) is 3.96. The number of benzene rings is 1. The van der Waals surface area contributed by atoms with E-state index in [9.17, 15) is 23.6 Å². The van der Waals surface area contributed by atoms with Gasteiger partial charge >= 0.3 is 22.8 Å². The van der Waals surface area contributed by atoms with Gasteiger partial charge in [0.1, 0.15) is 29.9 Å². The van der Waals surface area contributed by atoms with Crippen LogP contribution in [0.5, 0.6) is 0 Å². The number of nitrogens with zero attached hydrogens (tertiary/aromatic N) is 3. The molecular weight excluding hydrogens is 703 g/mol. The summed E-state index contributed by atoms with van der Waals surface area (Å²) in [5, 5.41) is 9.88. The first-order valence-corrected chi connectivity index (χ1v) is 14.8. The lowest BCUT2D eigenvalue weighted by molar-refractivity contribution is -0.212. The number of aromatic amines is 1. The molecule has 1 aliphatic heterocycles. The zero-order valence-corrected chi connectivity index (χ0v) is 25.8. The number of ether oxygens (including phenoxy) is 4. The van der Waals surface area contributed by atoms with Crippen molar-refractivity contribution in [1.29, 1.82) is 0 Å². The quantitative estimate of drug-likeness (QED) is 0.205. The molecule has 1 aliphatic rings. The van der Waals surface area contributed by atoms with Crippen LogP contribution < -0.4 is 4.87 Å². The molecule has 0 aliphatic carbocycles. The van der Waals surface area contributed by atoms with Crippen LogP contribution in [0.25, 0.3) is 11.4 Å². The maximum Gasteiger partial charge on any atom is 0.304 e. The molecule has 1 aromatic carbocycles. The van der Waals surface area contributed by atoms with Crippen molar-refractivity contribution in [3.8, 4) is 11.4 Å². The minimum Gasteiger partial charge on any atom is -0.463 e. The number of thiazole rings is 1. The van der Waals surface area contributed by atoms with Crippen molar-refractivity contribution in [1.82, 2.24) is 20.0 Å². The van der Waals surface area contributed by atoms with Gasteiger partial charge in [0, 0.05) is 31.0 Å². The Labute approximate surface area is 251 Å². The molecule has 0 unspecified atom stereocenters. The first-order valence-electron chi connectivity index (χ1n) is 11.5. The number of halogens is 3. The van der Waals surface area contributed by atoms with Gasteiger partial charge in [-0.2, -0.15) is 0 Å². The van der Waals surface area contributed by atoms with Gasteiger partial charge in [0.05, 0.1) is 20.8 Å². The van der Waals surface area contributed by atoms with Crippen molar-refractivity contribution < 1.29 is 37.7 Å². The standard InChI is InChI=1S/C23H21Br2FN4O8S2/c1-9(31)35-7-17-20(36-10(2)32)19(30-6-15(28-29-30)16-8-39-23(34)27-16)21(37-11(3)33)22(38-17)40-12-4-13(24)18(26)14(25)5-12/h4-6,8,17,19-22H,7H2,1-3H3,(H,27,34)/t17-,19+,20+,21-,22-/m1/s1. The van der Waals surface area contributed by atoms with Gasteiger partial charge in [-0.05, 0) is 44.0 Å². The Morgan fingerprint density at radius 3 is 2.35 bits per heavy atom. The van der Waals surface area contributed by atoms with Gasteiger partial charge in [-0.1, -0.05) is 28.3 Å². The van der Waals surface area contributed by atoms with E-state index in [4.69, 9.17) is 18.9 Å². The zero-order valence-electron chi connectivity index (χ0n) is 21.0. The highest BCUT2D eigenvalue weighted by Gasteiger charge is 2.52. The lowest BCUT2D eigenvalue weighted by Crippen LogP contribution is -2.57. The Balaban J connectivity index is 1.81. The largest absolute Gasteiger partial charge is 0.463 e. The van der Waals surface area contributed by atoms with E-state index in [1.54, 1.807) is 5.38 Å². The summed E-state index contributed by atoms with van der Waals surface area (Å²) in [6.45, 7) is 3.31. The van der Waals surface area contributed by atoms with Crippen LogP contribution in [0.15, 0.2) is 42.3 Å². The number of carbonyl (C=O) groups excluding carboxylic acids is 3. The highest BCUT2D eigenvalue weighted by atomic mass is 79.9. The molecule has 1 saturated heterocycles. The average Bonchev–Trinajstić information content (AvgIpc) is 3.51. The van der Waals surface area contributed by atoms with E-state index in [0.717, 1.165) is 23.1 Å². The molecule has 40 heavy (non-hydrogen) atoms. The monoisotopic (exact) mass is 722 g/mol. The van der Waals surface area contributed by atoms with Crippen molar-refractivity contribution in [2.75, 3.05) is 6.61 Å². The van der Waals surface area contributed by atoms with Gasteiger partial charge in [0.25, 0.3) is 0 Å². The van der Waals surface area contributed by atoms with Crippen LogP contribution in [0.2, 0.25) is 0 Å². The summed E-state index contributed by atoms with van der Waals surface area (Å²) in [6.07, 6.45) is -1.81. The number of thioether (sulfide) groups is 1. The summed E-state index contributed by atoms with van der Waals surface area (Å²) >= 11 is 8.40. The average molecular weight is 724 g/mol. The maximum absolute atomic E-state index is 14.2. The predicted octanol–water partition coefficient (Wildman–Crippen LogP) is 3.84. The molecule has 1 fully saturated rings. The Hall–Kier alpha value is -2.60. The first kappa shape index (κ1) is 30.4. The molecule has 0 spiro atoms. The normalized spacial score (nSPS) is 22.5. The summed E-state index contributed by atoms with van der Waals surface area (Å²) in [5.74, 6) is -2.43. The van der Waals surface area contributed by atoms with Crippen LogP contribution in [-0.4, -0.2) is 68.2 Å². The molecule has 0 amide bonds. The summed E-state index contributed by atoms with van der Waals surface area (Å²) in [6, 6.07) is 2.03. The van der Waals surface area contributed by atoms with Gasteiger partial charge in [-0.15, -0.1) is 5.10 Å². The Bertz CT molecular complexity index is 1460. The lowest BCUT2D eigenvalue weighted by atomic mass is 9.96. The molecule has 12 nitrogen and oxygen atoms in total. The number of rotatable bonds is 8. The third-order valence-electron chi connectivity index (χ3n) is 5.49. The molecule has 17 heteroatoms. The summed E-state index contributed by atoms with van der Waals surface area (Å²) in [5.41, 5.74) is -0.260. The van der Waals surface area contributed by atoms with E-state index in [0.29, 0.717) is 16.3 Å². The number of carbonyl (C=O) groups is 3. The molecule has 2 aromatic heterocycles. The molecule has 0 radical (unpaired) electrons. The third-order valence-corrected chi connectivity index (χ3v) is 8.44. The SMILES string of the molecule is CC(=O)OC[C@H]1O[C@H](Sc2cc(Br)c(F)c(Br)c2)[C@H](OC(C)=O)[C@@H](n2cc(-c3csc(=O)[nH]3)nn2)[C@H]1OC(C)=O. The first-order chi connectivity index (χ1) is 18.9. The van der Waals surface area contributed by atoms with Gasteiger partial charge < -0.3 is 23.9 Å². The lowest BCUT2D eigenvalue weighted by Gasteiger charge is -2.44. The van der Waals surface area contributed by atoms with Crippen LogP contribution in [0.4, 0.5) is 4.39 Å². The van der Waals surface area contributed by atoms with Crippen LogP contribution in [0.1, 0.15) is 26.8 Å². The van der Waals surface area contributed by atoms with Gasteiger partial charge in [0.2, 0.25) is 0 Å². The predicted molar refractivity (Wildman–Crippen MR) is 147 cm³/mol. The van der Waals surface area contributed by atoms with Crippen LogP contribution in [0.3, 0.4) is 0 Å². The van der Waals surface area contributed by atoms with E-state index in [1.165, 1.54) is 43.8 Å². The zero-order chi connectivity index (χ0) is 29.1. The molecular formula is C23H21Br2FN4O8S2. The summed E-state index contributed by atoms with van der Waals surface area (Å²) in [4.78, 5) is 50.7. The molecule has 4 rings (SSSR count). The van der Waals surface area contributed by atoms with E-state index >= 15 is 0 Å². The highest BCUT2D eigenvalue weighted by Crippen LogP contribution is 2.42. The second-order valence-corrected chi connectivity index (χ2v) is 12.2. The van der Waals surface area contributed by atoms with Crippen molar-refractivity contribution in [3.63, 3.8) is 0 Å². The Morgan fingerprint density at radius 2 is 1.77 bits per heavy atom. The molecule has 5 atom stereocenters. The minimum atomic E-state index is -1.15. The van der Waals surface area contributed by atoms with Crippen molar-refractivity contribution >= 4 is 72.9 Å². The fourth-order valence-corrected chi connectivity index (χ4v) is 7.22. The van der Waals surface area contributed by atoms with Crippen LogP contribution >= 0.6 is 55.0 Å². The van der Waals surface area contributed by atoms with Crippen molar-refractivity contribution in [3.05, 3.63) is 48.1 Å². The highest BCUT2D eigenvalue weighted by molar-refractivity contribution is 9.11. The van der Waals surface area contributed by atoms with Crippen molar-refractivity contribution in [2.24, 2.45) is 0 Å². The maximum atomic E-state index is 14.2. The number of aromatic nitrogens is 4. The van der Waals surface area contributed by atoms with Gasteiger partial charge in [0.15, 0.2) is 18.0 Å². The second-order valence-electron chi connectivity index (χ2n) is 8.45. The van der Waals surface area contributed by atoms with E-state index < -0.39 is 53.5 Å². The summed E-state index contributed by atoms with van der Waals surface area (Å²) < 4.78 is 38.7. The summed E-state index contributed by atoms with van der Waals surface area (Å²) in [7, 11) is 0. The van der Waals surface area contributed by atoms with Crippen LogP contribution in [-0.2, 0) is 33.3 Å². The van der Waals surface area contributed by atoms with Gasteiger partial charge in [-0.3, -0.25) is 19.2 Å². The molecule has 3 aromatic rings.